The molecule has 1 heteroatoms. The van der Waals surface area contributed by atoms with E-state index in [4.69, 9.17) is 0 Å². The van der Waals surface area contributed by atoms with Crippen molar-refractivity contribution >= 4 is 0 Å². The summed E-state index contributed by atoms with van der Waals surface area (Å²) in [5.74, 6) is 1.60. The molecule has 1 saturated heterocycles. The van der Waals surface area contributed by atoms with E-state index in [9.17, 15) is 0 Å². The highest BCUT2D eigenvalue weighted by molar-refractivity contribution is 5.33. The van der Waals surface area contributed by atoms with Crippen LogP contribution < -0.4 is 5.32 Å². The summed E-state index contributed by atoms with van der Waals surface area (Å²) >= 11 is 0. The number of hydrogen-bond acceptors (Lipinski definition) is 1. The third-order valence-corrected chi connectivity index (χ3v) is 4.55. The monoisotopic (exact) mass is 215 g/mol. The summed E-state index contributed by atoms with van der Waals surface area (Å²) < 4.78 is 0. The van der Waals surface area contributed by atoms with Crippen LogP contribution in [-0.4, -0.2) is 12.6 Å². The zero-order valence-electron chi connectivity index (χ0n) is 10.1. The largest absolute Gasteiger partial charge is 0.314 e. The molecule has 1 aliphatic heterocycles. The SMILES string of the molecule is C[C@@H]1c2ccccc2CC[C@@H]1C1CCCN1. The van der Waals surface area contributed by atoms with Crippen molar-refractivity contribution in [1.29, 1.82) is 0 Å². The van der Waals surface area contributed by atoms with Gasteiger partial charge in [-0.2, -0.15) is 0 Å². The lowest BCUT2D eigenvalue weighted by Gasteiger charge is -2.35. The standard InChI is InChI=1S/C15H21N/c1-11-13-6-3-2-5-12(13)8-9-14(11)15-7-4-10-16-15/h2-3,5-6,11,14-16H,4,7-10H2,1H3/t11-,14+,15?/m1/s1. The van der Waals surface area contributed by atoms with Crippen molar-refractivity contribution in [2.24, 2.45) is 5.92 Å². The molecule has 1 fully saturated rings. The molecule has 1 aromatic rings. The molecule has 1 nitrogen and oxygen atoms in total. The van der Waals surface area contributed by atoms with E-state index in [2.05, 4.69) is 36.5 Å². The number of aryl methyl sites for hydroxylation is 1. The predicted molar refractivity (Wildman–Crippen MR) is 67.7 cm³/mol. The second kappa shape index (κ2) is 4.21. The van der Waals surface area contributed by atoms with Crippen LogP contribution in [0, 0.1) is 5.92 Å². The highest BCUT2D eigenvalue weighted by Gasteiger charge is 2.33. The number of rotatable bonds is 1. The van der Waals surface area contributed by atoms with E-state index in [0.717, 1.165) is 17.9 Å². The molecule has 1 unspecified atom stereocenters. The third-order valence-electron chi connectivity index (χ3n) is 4.55. The van der Waals surface area contributed by atoms with Crippen molar-refractivity contribution < 1.29 is 0 Å². The maximum Gasteiger partial charge on any atom is 0.0102 e. The average molecular weight is 215 g/mol. The first kappa shape index (κ1) is 10.3. The molecule has 0 aromatic heterocycles. The molecule has 16 heavy (non-hydrogen) atoms. The predicted octanol–water partition coefficient (Wildman–Crippen LogP) is 3.10. The summed E-state index contributed by atoms with van der Waals surface area (Å²) in [4.78, 5) is 0. The Bertz CT molecular complexity index is 365. The summed E-state index contributed by atoms with van der Waals surface area (Å²) in [7, 11) is 0. The van der Waals surface area contributed by atoms with Gasteiger partial charge in [0.2, 0.25) is 0 Å². The van der Waals surface area contributed by atoms with Crippen molar-refractivity contribution in [3.8, 4) is 0 Å². The lowest BCUT2D eigenvalue weighted by atomic mass is 9.72. The van der Waals surface area contributed by atoms with Crippen molar-refractivity contribution in [3.63, 3.8) is 0 Å². The van der Waals surface area contributed by atoms with E-state index >= 15 is 0 Å². The van der Waals surface area contributed by atoms with Crippen molar-refractivity contribution in [2.45, 2.75) is 44.6 Å². The van der Waals surface area contributed by atoms with Gasteiger partial charge in [0.1, 0.15) is 0 Å². The van der Waals surface area contributed by atoms with Gasteiger partial charge < -0.3 is 5.32 Å². The second-order valence-corrected chi connectivity index (χ2v) is 5.39. The first-order valence-electron chi connectivity index (χ1n) is 6.67. The Balaban J connectivity index is 1.85. The molecular formula is C15H21N. The van der Waals surface area contributed by atoms with Gasteiger partial charge in [-0.1, -0.05) is 31.2 Å². The molecule has 2 aliphatic rings. The summed E-state index contributed by atoms with van der Waals surface area (Å²) in [5, 5.41) is 3.69. The van der Waals surface area contributed by atoms with Gasteiger partial charge in [-0.3, -0.25) is 0 Å². The molecule has 1 aliphatic carbocycles. The summed E-state index contributed by atoms with van der Waals surface area (Å²) in [6, 6.07) is 9.80. The molecule has 3 rings (SSSR count). The lowest BCUT2D eigenvalue weighted by molar-refractivity contribution is 0.304. The highest BCUT2D eigenvalue weighted by Crippen LogP contribution is 2.39. The maximum atomic E-state index is 3.69. The van der Waals surface area contributed by atoms with E-state index in [1.165, 1.54) is 32.2 Å². The fraction of sp³-hybridized carbons (Fsp3) is 0.600. The minimum atomic E-state index is 0.737. The van der Waals surface area contributed by atoms with Crippen molar-refractivity contribution in [2.75, 3.05) is 6.54 Å². The van der Waals surface area contributed by atoms with Crippen LogP contribution in [0.15, 0.2) is 24.3 Å². The molecule has 0 saturated carbocycles. The molecule has 86 valence electrons. The van der Waals surface area contributed by atoms with E-state index < -0.39 is 0 Å². The quantitative estimate of drug-likeness (QED) is 0.759. The average Bonchev–Trinajstić information content (AvgIpc) is 2.83. The molecular weight excluding hydrogens is 194 g/mol. The Morgan fingerprint density at radius 1 is 1.19 bits per heavy atom. The fourth-order valence-electron chi connectivity index (χ4n) is 3.64. The van der Waals surface area contributed by atoms with Crippen molar-refractivity contribution in [1.82, 2.24) is 5.32 Å². The number of benzene rings is 1. The Labute approximate surface area is 98.3 Å². The summed E-state index contributed by atoms with van der Waals surface area (Å²) in [5.41, 5.74) is 3.19. The molecule has 0 bridgehead atoms. The van der Waals surface area contributed by atoms with Gasteiger partial charge in [-0.15, -0.1) is 0 Å². The van der Waals surface area contributed by atoms with E-state index in [-0.39, 0.29) is 0 Å². The van der Waals surface area contributed by atoms with Gasteiger partial charge in [-0.05, 0) is 55.2 Å². The smallest absolute Gasteiger partial charge is 0.0102 e. The normalized spacial score (nSPS) is 33.7. The molecule has 0 amide bonds. The molecule has 3 atom stereocenters. The van der Waals surface area contributed by atoms with Crippen LogP contribution in [0.4, 0.5) is 0 Å². The zero-order valence-corrected chi connectivity index (χ0v) is 10.1. The Kier molecular flexibility index (Phi) is 2.72. The Morgan fingerprint density at radius 2 is 2.06 bits per heavy atom. The molecule has 1 N–H and O–H groups in total. The van der Waals surface area contributed by atoms with Crippen molar-refractivity contribution in [3.05, 3.63) is 35.4 Å². The van der Waals surface area contributed by atoms with Gasteiger partial charge in [0.15, 0.2) is 0 Å². The molecule has 1 heterocycles. The van der Waals surface area contributed by atoms with Gasteiger partial charge in [0.05, 0.1) is 0 Å². The minimum absolute atomic E-state index is 0.737. The van der Waals surface area contributed by atoms with E-state index in [1.54, 1.807) is 11.1 Å². The van der Waals surface area contributed by atoms with Gasteiger partial charge in [0.25, 0.3) is 0 Å². The van der Waals surface area contributed by atoms with Crippen LogP contribution in [0.1, 0.15) is 43.2 Å². The van der Waals surface area contributed by atoms with Crippen LogP contribution in [0.2, 0.25) is 0 Å². The van der Waals surface area contributed by atoms with E-state index in [1.807, 2.05) is 0 Å². The van der Waals surface area contributed by atoms with Gasteiger partial charge in [0, 0.05) is 6.04 Å². The van der Waals surface area contributed by atoms with Crippen LogP contribution in [0.3, 0.4) is 0 Å². The number of fused-ring (bicyclic) bond motifs is 1. The number of nitrogens with one attached hydrogen (secondary N) is 1. The maximum absolute atomic E-state index is 3.69. The molecule has 0 radical (unpaired) electrons. The van der Waals surface area contributed by atoms with Crippen LogP contribution in [-0.2, 0) is 6.42 Å². The minimum Gasteiger partial charge on any atom is -0.314 e. The first-order valence-corrected chi connectivity index (χ1v) is 6.67. The van der Waals surface area contributed by atoms with Crippen LogP contribution in [0.25, 0.3) is 0 Å². The fourth-order valence-corrected chi connectivity index (χ4v) is 3.64. The van der Waals surface area contributed by atoms with Crippen LogP contribution >= 0.6 is 0 Å². The molecule has 1 aromatic carbocycles. The number of hydrogen-bond donors (Lipinski definition) is 1. The Hall–Kier alpha value is -0.820. The van der Waals surface area contributed by atoms with Crippen LogP contribution in [0.5, 0.6) is 0 Å². The topological polar surface area (TPSA) is 12.0 Å². The Morgan fingerprint density at radius 3 is 2.88 bits per heavy atom. The second-order valence-electron chi connectivity index (χ2n) is 5.39. The van der Waals surface area contributed by atoms with Gasteiger partial charge >= 0.3 is 0 Å². The summed E-state index contributed by atoms with van der Waals surface area (Å²) in [6.07, 6.45) is 5.41. The van der Waals surface area contributed by atoms with E-state index in [0.29, 0.717) is 0 Å². The lowest BCUT2D eigenvalue weighted by Crippen LogP contribution is -2.36. The highest BCUT2D eigenvalue weighted by atomic mass is 14.9. The zero-order chi connectivity index (χ0) is 11.0. The van der Waals surface area contributed by atoms with Gasteiger partial charge in [-0.25, -0.2) is 0 Å². The third kappa shape index (κ3) is 1.67. The summed E-state index contributed by atoms with van der Waals surface area (Å²) in [6.45, 7) is 3.65. The molecule has 0 spiro atoms. The first-order chi connectivity index (χ1) is 7.86.